The lowest BCUT2D eigenvalue weighted by atomic mass is 9.89. The predicted molar refractivity (Wildman–Crippen MR) is 106 cm³/mol. The molecule has 4 rings (SSSR count). The molecule has 1 amide bonds. The number of carbonyl (C=O) groups is 2. The van der Waals surface area contributed by atoms with E-state index in [1.165, 1.54) is 0 Å². The zero-order valence-electron chi connectivity index (χ0n) is 15.4. The van der Waals surface area contributed by atoms with Crippen molar-refractivity contribution in [3.8, 4) is 11.4 Å². The highest BCUT2D eigenvalue weighted by Gasteiger charge is 2.27. The average Bonchev–Trinajstić information content (AvgIpc) is 3.44. The molecule has 0 aliphatic carbocycles. The summed E-state index contributed by atoms with van der Waals surface area (Å²) in [5.74, 6) is 1.28. The van der Waals surface area contributed by atoms with Crippen molar-refractivity contribution in [1.82, 2.24) is 15.0 Å². The van der Waals surface area contributed by atoms with E-state index in [0.29, 0.717) is 50.5 Å². The fraction of sp³-hybridized carbons (Fsp3) is 0.333. The number of benzene rings is 1. The second-order valence-corrected chi connectivity index (χ2v) is 7.69. The Labute approximate surface area is 167 Å². The fourth-order valence-corrected chi connectivity index (χ4v) is 4.10. The highest BCUT2D eigenvalue weighted by Crippen LogP contribution is 2.23. The van der Waals surface area contributed by atoms with Gasteiger partial charge in [-0.2, -0.15) is 16.3 Å². The molecule has 6 nitrogen and oxygen atoms in total. The Bertz CT molecular complexity index is 929. The first-order valence-electron chi connectivity index (χ1n) is 9.43. The van der Waals surface area contributed by atoms with E-state index in [1.807, 2.05) is 52.1 Å². The van der Waals surface area contributed by atoms with Gasteiger partial charge in [-0.05, 0) is 24.3 Å². The molecule has 3 aromatic rings. The number of hydrogen-bond donors (Lipinski definition) is 0. The number of hydrogen-bond acceptors (Lipinski definition) is 6. The van der Waals surface area contributed by atoms with Crippen molar-refractivity contribution in [2.75, 3.05) is 13.1 Å². The van der Waals surface area contributed by atoms with Gasteiger partial charge in [0.05, 0.1) is 0 Å². The van der Waals surface area contributed by atoms with Crippen LogP contribution in [-0.2, 0) is 11.2 Å². The lowest BCUT2D eigenvalue weighted by Gasteiger charge is -2.31. The standard InChI is InChI=1S/C21H21N3O3S/c25-19(7-6-18-22-21(23-27-18)17-10-13-28-14-17)24-11-8-16(9-12-24)20(26)15-4-2-1-3-5-15/h1-5,10,13-14,16H,6-9,11-12H2. The molecule has 0 radical (unpaired) electrons. The first-order valence-corrected chi connectivity index (χ1v) is 10.4. The molecule has 1 saturated heterocycles. The number of rotatable bonds is 6. The molecule has 2 aromatic heterocycles. The molecule has 1 aliphatic heterocycles. The Hall–Kier alpha value is -2.80. The number of nitrogens with zero attached hydrogens (tertiary/aromatic N) is 3. The number of aryl methyl sites for hydroxylation is 1. The number of likely N-dealkylation sites (tertiary alicyclic amines) is 1. The third kappa shape index (κ3) is 4.20. The van der Waals surface area contributed by atoms with Crippen LogP contribution in [0.5, 0.6) is 0 Å². The summed E-state index contributed by atoms with van der Waals surface area (Å²) >= 11 is 1.57. The zero-order valence-corrected chi connectivity index (χ0v) is 16.2. The van der Waals surface area contributed by atoms with Crippen LogP contribution in [0.15, 0.2) is 51.7 Å². The largest absolute Gasteiger partial charge is 0.343 e. The van der Waals surface area contributed by atoms with Crippen molar-refractivity contribution in [3.63, 3.8) is 0 Å². The second kappa shape index (κ2) is 8.48. The number of Topliss-reactive ketones (excluding diaryl/α,β-unsaturated/α-hetero) is 1. The van der Waals surface area contributed by atoms with E-state index in [4.69, 9.17) is 4.52 Å². The number of carbonyl (C=O) groups excluding carboxylic acids is 2. The fourth-order valence-electron chi connectivity index (χ4n) is 3.47. The first kappa shape index (κ1) is 18.6. The molecule has 28 heavy (non-hydrogen) atoms. The third-order valence-electron chi connectivity index (χ3n) is 5.08. The minimum Gasteiger partial charge on any atom is -0.343 e. The van der Waals surface area contributed by atoms with Crippen LogP contribution in [0.1, 0.15) is 35.5 Å². The molecule has 0 N–H and O–H groups in total. The highest BCUT2D eigenvalue weighted by atomic mass is 32.1. The van der Waals surface area contributed by atoms with Crippen LogP contribution >= 0.6 is 11.3 Å². The molecule has 144 valence electrons. The molecular formula is C21H21N3O3S. The summed E-state index contributed by atoms with van der Waals surface area (Å²) in [6, 6.07) is 11.3. The smallest absolute Gasteiger partial charge is 0.227 e. The SMILES string of the molecule is O=C(c1ccccc1)C1CCN(C(=O)CCc2nc(-c3ccsc3)no2)CC1. The van der Waals surface area contributed by atoms with E-state index < -0.39 is 0 Å². The summed E-state index contributed by atoms with van der Waals surface area (Å²) in [6.45, 7) is 1.23. The van der Waals surface area contributed by atoms with Crippen molar-refractivity contribution < 1.29 is 14.1 Å². The average molecular weight is 395 g/mol. The molecule has 3 heterocycles. The highest BCUT2D eigenvalue weighted by molar-refractivity contribution is 7.08. The monoisotopic (exact) mass is 395 g/mol. The van der Waals surface area contributed by atoms with E-state index in [-0.39, 0.29) is 17.6 Å². The molecule has 0 spiro atoms. The Morgan fingerprint density at radius 3 is 2.64 bits per heavy atom. The number of thiophene rings is 1. The molecule has 0 atom stereocenters. The molecular weight excluding hydrogens is 374 g/mol. The lowest BCUT2D eigenvalue weighted by Crippen LogP contribution is -2.40. The van der Waals surface area contributed by atoms with Gasteiger partial charge < -0.3 is 9.42 Å². The third-order valence-corrected chi connectivity index (χ3v) is 5.76. The molecule has 7 heteroatoms. The lowest BCUT2D eigenvalue weighted by molar-refractivity contribution is -0.132. The minimum atomic E-state index is -0.00411. The maximum Gasteiger partial charge on any atom is 0.227 e. The topological polar surface area (TPSA) is 76.3 Å². The molecule has 0 saturated carbocycles. The van der Waals surface area contributed by atoms with Crippen molar-refractivity contribution >= 4 is 23.0 Å². The normalized spacial score (nSPS) is 14.9. The Balaban J connectivity index is 1.26. The Morgan fingerprint density at radius 1 is 1.14 bits per heavy atom. The number of aromatic nitrogens is 2. The molecule has 0 bridgehead atoms. The van der Waals surface area contributed by atoms with Crippen LogP contribution < -0.4 is 0 Å². The van der Waals surface area contributed by atoms with Gasteiger partial charge in [0.1, 0.15) is 0 Å². The van der Waals surface area contributed by atoms with Crippen LogP contribution in [0.3, 0.4) is 0 Å². The minimum absolute atomic E-state index is 0.00411. The van der Waals surface area contributed by atoms with Gasteiger partial charge in [0, 0.05) is 48.4 Å². The van der Waals surface area contributed by atoms with Crippen LogP contribution in [0.2, 0.25) is 0 Å². The number of piperidine rings is 1. The molecule has 1 aromatic carbocycles. The van der Waals surface area contributed by atoms with Gasteiger partial charge in [0.25, 0.3) is 0 Å². The first-order chi connectivity index (χ1) is 13.7. The van der Waals surface area contributed by atoms with Crippen LogP contribution in [0.25, 0.3) is 11.4 Å². The zero-order chi connectivity index (χ0) is 19.3. The summed E-state index contributed by atoms with van der Waals surface area (Å²) in [7, 11) is 0. The summed E-state index contributed by atoms with van der Waals surface area (Å²) in [5.41, 5.74) is 1.68. The maximum atomic E-state index is 12.6. The van der Waals surface area contributed by atoms with Crippen LogP contribution in [0.4, 0.5) is 0 Å². The Morgan fingerprint density at radius 2 is 1.93 bits per heavy atom. The van der Waals surface area contributed by atoms with Gasteiger partial charge in [0.2, 0.25) is 17.6 Å². The van der Waals surface area contributed by atoms with Crippen molar-refractivity contribution in [3.05, 3.63) is 58.6 Å². The molecule has 0 unspecified atom stereocenters. The number of amides is 1. The van der Waals surface area contributed by atoms with Crippen molar-refractivity contribution in [2.24, 2.45) is 5.92 Å². The summed E-state index contributed by atoms with van der Waals surface area (Å²) in [6.07, 6.45) is 2.19. The molecule has 1 aliphatic rings. The van der Waals surface area contributed by atoms with Gasteiger partial charge in [0.15, 0.2) is 5.78 Å². The van der Waals surface area contributed by atoms with E-state index in [0.717, 1.165) is 11.1 Å². The summed E-state index contributed by atoms with van der Waals surface area (Å²) < 4.78 is 5.25. The van der Waals surface area contributed by atoms with E-state index >= 15 is 0 Å². The van der Waals surface area contributed by atoms with E-state index in [9.17, 15) is 9.59 Å². The van der Waals surface area contributed by atoms with Crippen molar-refractivity contribution in [2.45, 2.75) is 25.7 Å². The van der Waals surface area contributed by atoms with Gasteiger partial charge in [-0.1, -0.05) is 35.5 Å². The van der Waals surface area contributed by atoms with Crippen molar-refractivity contribution in [1.29, 1.82) is 0 Å². The van der Waals surface area contributed by atoms with E-state index in [1.54, 1.807) is 11.3 Å². The quantitative estimate of drug-likeness (QED) is 0.593. The number of ketones is 1. The van der Waals surface area contributed by atoms with Gasteiger partial charge in [-0.15, -0.1) is 0 Å². The van der Waals surface area contributed by atoms with Gasteiger partial charge in [-0.25, -0.2) is 0 Å². The summed E-state index contributed by atoms with van der Waals surface area (Å²) in [5, 5.41) is 7.88. The maximum absolute atomic E-state index is 12.6. The predicted octanol–water partition coefficient (Wildman–Crippen LogP) is 3.85. The van der Waals surface area contributed by atoms with Gasteiger partial charge in [-0.3, -0.25) is 9.59 Å². The second-order valence-electron chi connectivity index (χ2n) is 6.91. The summed E-state index contributed by atoms with van der Waals surface area (Å²) in [4.78, 5) is 31.3. The van der Waals surface area contributed by atoms with Crippen LogP contribution in [-0.4, -0.2) is 39.8 Å². The van der Waals surface area contributed by atoms with E-state index in [2.05, 4.69) is 10.1 Å². The molecule has 1 fully saturated rings. The van der Waals surface area contributed by atoms with Gasteiger partial charge >= 0.3 is 0 Å². The Kier molecular flexibility index (Phi) is 5.62. The van der Waals surface area contributed by atoms with Crippen LogP contribution in [0, 0.1) is 5.92 Å².